The van der Waals surface area contributed by atoms with E-state index >= 15 is 0 Å². The molecular weight excluding hydrogens is 324 g/mol. The first-order valence-corrected chi connectivity index (χ1v) is 11.8. The maximum atomic E-state index is 13.1. The zero-order valence-corrected chi connectivity index (χ0v) is 15.4. The standard InChI is InChI=1S/C17H22N2O4Si/c1-11(20)19-14-8-6-5-7-13(14)17(15(19)21)9-12(10-24(2,3)4)23-16(22)18-17/h5-8,12H,9-10H2,1-4H3,(H,18,22)/t12-,17+/m0/s1. The van der Waals surface area contributed by atoms with Crippen LogP contribution in [0.4, 0.5) is 10.5 Å². The number of cyclic esters (lactones) is 1. The summed E-state index contributed by atoms with van der Waals surface area (Å²) in [5, 5.41) is 2.71. The zero-order valence-electron chi connectivity index (χ0n) is 14.4. The molecule has 0 unspecified atom stereocenters. The minimum Gasteiger partial charge on any atom is -0.446 e. The van der Waals surface area contributed by atoms with Crippen molar-refractivity contribution in [2.45, 2.75) is 50.7 Å². The van der Waals surface area contributed by atoms with Crippen molar-refractivity contribution >= 4 is 31.7 Å². The maximum Gasteiger partial charge on any atom is 0.408 e. The zero-order chi connectivity index (χ0) is 17.7. The fourth-order valence-electron chi connectivity index (χ4n) is 3.66. The largest absolute Gasteiger partial charge is 0.446 e. The molecule has 1 spiro atoms. The molecule has 0 radical (unpaired) electrons. The van der Waals surface area contributed by atoms with Crippen molar-refractivity contribution in [2.75, 3.05) is 4.90 Å². The Balaban J connectivity index is 2.06. The predicted octanol–water partition coefficient (Wildman–Crippen LogP) is 2.61. The van der Waals surface area contributed by atoms with Crippen LogP contribution in [0, 0.1) is 0 Å². The first-order chi connectivity index (χ1) is 11.1. The molecule has 1 saturated heterocycles. The lowest BCUT2D eigenvalue weighted by Crippen LogP contribution is -2.59. The van der Waals surface area contributed by atoms with Gasteiger partial charge in [-0.25, -0.2) is 9.69 Å². The molecule has 0 aromatic heterocycles. The molecule has 6 nitrogen and oxygen atoms in total. The molecule has 0 bridgehead atoms. The number of anilines is 1. The molecule has 1 aromatic carbocycles. The van der Waals surface area contributed by atoms with E-state index in [0.29, 0.717) is 17.7 Å². The van der Waals surface area contributed by atoms with Gasteiger partial charge in [0.2, 0.25) is 5.91 Å². The van der Waals surface area contributed by atoms with Gasteiger partial charge in [-0.05, 0) is 12.1 Å². The van der Waals surface area contributed by atoms with Gasteiger partial charge in [0.05, 0.1) is 5.69 Å². The van der Waals surface area contributed by atoms with E-state index in [9.17, 15) is 14.4 Å². The average molecular weight is 346 g/mol. The fraction of sp³-hybridized carbons (Fsp3) is 0.471. The van der Waals surface area contributed by atoms with Crippen LogP contribution in [0.25, 0.3) is 0 Å². The van der Waals surface area contributed by atoms with Crippen molar-refractivity contribution in [3.05, 3.63) is 29.8 Å². The summed E-state index contributed by atoms with van der Waals surface area (Å²) in [4.78, 5) is 38.4. The van der Waals surface area contributed by atoms with E-state index in [2.05, 4.69) is 25.0 Å². The normalized spacial score (nSPS) is 26.2. The number of amides is 3. The van der Waals surface area contributed by atoms with E-state index in [1.54, 1.807) is 18.2 Å². The van der Waals surface area contributed by atoms with Crippen LogP contribution in [0.1, 0.15) is 18.9 Å². The molecule has 7 heteroatoms. The quantitative estimate of drug-likeness (QED) is 0.835. The summed E-state index contributed by atoms with van der Waals surface area (Å²) in [6.07, 6.45) is -0.574. The number of hydrogen-bond donors (Lipinski definition) is 1. The molecule has 3 rings (SSSR count). The third kappa shape index (κ3) is 2.62. The SMILES string of the molecule is CC(=O)N1C(=O)[C@@]2(C[C@@H](C[Si](C)(C)C)OC(=O)N2)c2ccccc21. The van der Waals surface area contributed by atoms with Crippen molar-refractivity contribution in [3.63, 3.8) is 0 Å². The first kappa shape index (κ1) is 16.7. The minimum atomic E-state index is -1.49. The third-order valence-electron chi connectivity index (χ3n) is 4.45. The van der Waals surface area contributed by atoms with Crippen LogP contribution < -0.4 is 10.2 Å². The Morgan fingerprint density at radius 3 is 2.62 bits per heavy atom. The number of imide groups is 1. The van der Waals surface area contributed by atoms with Crippen LogP contribution in [0.15, 0.2) is 24.3 Å². The number of nitrogens with one attached hydrogen (secondary N) is 1. The third-order valence-corrected chi connectivity index (χ3v) is 6.13. The van der Waals surface area contributed by atoms with Gasteiger partial charge in [0.1, 0.15) is 6.10 Å². The number of hydrogen-bond acceptors (Lipinski definition) is 4. The van der Waals surface area contributed by atoms with Gasteiger partial charge in [-0.1, -0.05) is 37.8 Å². The van der Waals surface area contributed by atoms with Gasteiger partial charge < -0.3 is 10.1 Å². The smallest absolute Gasteiger partial charge is 0.408 e. The fourth-order valence-corrected chi connectivity index (χ4v) is 5.26. The van der Waals surface area contributed by atoms with Crippen molar-refractivity contribution in [3.8, 4) is 0 Å². The molecule has 24 heavy (non-hydrogen) atoms. The predicted molar refractivity (Wildman–Crippen MR) is 92.5 cm³/mol. The lowest BCUT2D eigenvalue weighted by Gasteiger charge is -2.39. The van der Waals surface area contributed by atoms with Gasteiger partial charge in [0.15, 0.2) is 5.54 Å². The minimum absolute atomic E-state index is 0.325. The molecule has 2 atom stereocenters. The van der Waals surface area contributed by atoms with Crippen LogP contribution >= 0.6 is 0 Å². The summed E-state index contributed by atoms with van der Waals surface area (Å²) in [5.41, 5.74) is 0.00781. The second kappa shape index (κ2) is 5.44. The Morgan fingerprint density at radius 2 is 2.00 bits per heavy atom. The van der Waals surface area contributed by atoms with Crippen molar-refractivity contribution in [1.29, 1.82) is 0 Å². The monoisotopic (exact) mass is 346 g/mol. The number of fused-ring (bicyclic) bond motifs is 2. The number of carbonyl (C=O) groups excluding carboxylic acids is 3. The Hall–Kier alpha value is -2.15. The molecule has 1 aromatic rings. The summed E-state index contributed by atoms with van der Waals surface area (Å²) in [5.74, 6) is -0.750. The van der Waals surface area contributed by atoms with Crippen LogP contribution in [-0.2, 0) is 19.9 Å². The van der Waals surface area contributed by atoms with E-state index in [-0.39, 0.29) is 12.0 Å². The van der Waals surface area contributed by atoms with Crippen LogP contribution in [0.3, 0.4) is 0 Å². The maximum absolute atomic E-state index is 13.1. The molecule has 128 valence electrons. The number of alkyl carbamates (subject to hydrolysis) is 1. The molecule has 1 N–H and O–H groups in total. The molecule has 2 aliphatic heterocycles. The molecule has 2 aliphatic rings. The molecular formula is C17H22N2O4Si. The lowest BCUT2D eigenvalue weighted by molar-refractivity contribution is -0.131. The van der Waals surface area contributed by atoms with E-state index < -0.39 is 25.6 Å². The van der Waals surface area contributed by atoms with E-state index in [1.807, 2.05) is 6.07 Å². The highest BCUT2D eigenvalue weighted by Gasteiger charge is 2.57. The number of para-hydroxylation sites is 1. The van der Waals surface area contributed by atoms with E-state index in [4.69, 9.17) is 4.74 Å². The summed E-state index contributed by atoms with van der Waals surface area (Å²) in [6, 6.07) is 7.90. The van der Waals surface area contributed by atoms with Crippen molar-refractivity contribution in [2.24, 2.45) is 0 Å². The number of benzene rings is 1. The second-order valence-electron chi connectivity index (χ2n) is 7.70. The highest BCUT2D eigenvalue weighted by molar-refractivity contribution is 6.76. The van der Waals surface area contributed by atoms with Gasteiger partial charge in [-0.3, -0.25) is 9.59 Å². The van der Waals surface area contributed by atoms with Gasteiger partial charge >= 0.3 is 6.09 Å². The molecule has 3 amide bonds. The molecule has 1 fully saturated rings. The number of nitrogens with zero attached hydrogens (tertiary/aromatic N) is 1. The second-order valence-corrected chi connectivity index (χ2v) is 13.2. The highest BCUT2D eigenvalue weighted by Crippen LogP contribution is 2.45. The highest BCUT2D eigenvalue weighted by atomic mass is 28.3. The van der Waals surface area contributed by atoms with Gasteiger partial charge in [-0.15, -0.1) is 0 Å². The molecule has 2 heterocycles. The Kier molecular flexibility index (Phi) is 3.79. The summed E-state index contributed by atoms with van der Waals surface area (Å²) < 4.78 is 5.44. The van der Waals surface area contributed by atoms with E-state index in [1.165, 1.54) is 6.92 Å². The Bertz CT molecular complexity index is 728. The van der Waals surface area contributed by atoms with E-state index in [0.717, 1.165) is 10.9 Å². The summed E-state index contributed by atoms with van der Waals surface area (Å²) >= 11 is 0. The van der Waals surface area contributed by atoms with Gasteiger partial charge in [-0.2, -0.15) is 0 Å². The van der Waals surface area contributed by atoms with Crippen LogP contribution in [0.2, 0.25) is 25.7 Å². The van der Waals surface area contributed by atoms with Crippen LogP contribution in [0.5, 0.6) is 0 Å². The molecule has 0 saturated carbocycles. The van der Waals surface area contributed by atoms with Gasteiger partial charge in [0.25, 0.3) is 5.91 Å². The summed E-state index contributed by atoms with van der Waals surface area (Å²) in [6.45, 7) is 7.94. The Morgan fingerprint density at radius 1 is 1.33 bits per heavy atom. The topological polar surface area (TPSA) is 75.7 Å². The summed E-state index contributed by atoms with van der Waals surface area (Å²) in [7, 11) is -1.49. The Labute approximate surface area is 142 Å². The number of ether oxygens (including phenoxy) is 1. The average Bonchev–Trinajstić information content (AvgIpc) is 2.66. The van der Waals surface area contributed by atoms with Crippen LogP contribution in [-0.4, -0.2) is 32.1 Å². The molecule has 0 aliphatic carbocycles. The van der Waals surface area contributed by atoms with Gasteiger partial charge in [0, 0.05) is 27.0 Å². The lowest BCUT2D eigenvalue weighted by atomic mass is 9.85. The number of carbonyl (C=O) groups is 3. The first-order valence-electron chi connectivity index (χ1n) is 8.07. The van der Waals surface area contributed by atoms with Crippen molar-refractivity contribution < 1.29 is 19.1 Å². The number of rotatable bonds is 2. The van der Waals surface area contributed by atoms with Crippen molar-refractivity contribution in [1.82, 2.24) is 5.32 Å².